The number of rotatable bonds is 12. The Kier molecular flexibility index (Phi) is 10.1. The van der Waals surface area contributed by atoms with Crippen LogP contribution in [-0.2, 0) is 20.9 Å². The third kappa shape index (κ3) is 9.80. The van der Waals surface area contributed by atoms with Crippen LogP contribution in [0.2, 0.25) is 0 Å². The summed E-state index contributed by atoms with van der Waals surface area (Å²) >= 11 is 0. The summed E-state index contributed by atoms with van der Waals surface area (Å²) in [4.78, 5) is 35.2. The Balaban J connectivity index is 1.86. The van der Waals surface area contributed by atoms with Crippen LogP contribution in [0.3, 0.4) is 0 Å². The molecule has 7 heteroatoms. The van der Waals surface area contributed by atoms with Crippen LogP contribution < -0.4 is 10.6 Å². The fourth-order valence-electron chi connectivity index (χ4n) is 3.02. The second-order valence-electron chi connectivity index (χ2n) is 7.43. The Morgan fingerprint density at radius 2 is 1.68 bits per heavy atom. The van der Waals surface area contributed by atoms with Gasteiger partial charge in [-0.15, -0.1) is 0 Å². The number of carbonyl (C=O) groups excluding carboxylic acids is 2. The van der Waals surface area contributed by atoms with Crippen molar-refractivity contribution in [3.63, 3.8) is 0 Å². The number of ether oxygens (including phenoxy) is 1. The zero-order valence-corrected chi connectivity index (χ0v) is 17.8. The molecule has 2 amide bonds. The number of unbranched alkanes of at least 4 members (excludes halogenated alkanes) is 2. The monoisotopic (exact) mass is 426 g/mol. The Morgan fingerprint density at radius 3 is 2.35 bits per heavy atom. The number of carboxylic acids is 1. The summed E-state index contributed by atoms with van der Waals surface area (Å²) in [6.45, 7) is 2.59. The number of carbonyl (C=O) groups is 3. The maximum atomic E-state index is 12.4. The van der Waals surface area contributed by atoms with Gasteiger partial charge in [0.05, 0.1) is 12.5 Å². The van der Waals surface area contributed by atoms with Crippen molar-refractivity contribution in [3.8, 4) is 0 Å². The molecule has 0 spiro atoms. The largest absolute Gasteiger partial charge is 0.481 e. The van der Waals surface area contributed by atoms with Crippen molar-refractivity contribution in [2.75, 3.05) is 6.54 Å². The first-order valence-corrected chi connectivity index (χ1v) is 10.5. The van der Waals surface area contributed by atoms with Gasteiger partial charge in [0.15, 0.2) is 0 Å². The van der Waals surface area contributed by atoms with Crippen molar-refractivity contribution in [2.45, 2.75) is 51.7 Å². The normalized spacial score (nSPS) is 11.4. The Labute approximate surface area is 182 Å². The smallest absolute Gasteiger partial charge is 0.407 e. The minimum absolute atomic E-state index is 0.0820. The van der Waals surface area contributed by atoms with Gasteiger partial charge in [-0.25, -0.2) is 4.79 Å². The summed E-state index contributed by atoms with van der Waals surface area (Å²) in [5, 5.41) is 14.3. The molecular weight excluding hydrogens is 396 g/mol. The lowest BCUT2D eigenvalue weighted by Gasteiger charge is -2.19. The van der Waals surface area contributed by atoms with Crippen LogP contribution in [0.4, 0.5) is 4.79 Å². The number of benzene rings is 2. The van der Waals surface area contributed by atoms with Crippen molar-refractivity contribution in [2.24, 2.45) is 0 Å². The molecule has 31 heavy (non-hydrogen) atoms. The molecule has 7 nitrogen and oxygen atoms in total. The summed E-state index contributed by atoms with van der Waals surface area (Å²) < 4.78 is 5.30. The Bertz CT molecular complexity index is 837. The molecule has 0 heterocycles. The summed E-state index contributed by atoms with van der Waals surface area (Å²) in [5.41, 5.74) is 2.78. The summed E-state index contributed by atoms with van der Waals surface area (Å²) in [6.07, 6.45) is 1.66. The molecule has 0 radical (unpaired) electrons. The van der Waals surface area contributed by atoms with Crippen LogP contribution in [-0.4, -0.2) is 29.6 Å². The van der Waals surface area contributed by atoms with E-state index in [4.69, 9.17) is 9.84 Å². The molecule has 0 aliphatic rings. The van der Waals surface area contributed by atoms with Gasteiger partial charge in [0.1, 0.15) is 6.61 Å². The number of alkyl carbamates (subject to hydrolysis) is 1. The van der Waals surface area contributed by atoms with Crippen molar-refractivity contribution >= 4 is 18.0 Å². The van der Waals surface area contributed by atoms with E-state index in [-0.39, 0.29) is 25.4 Å². The Hall–Kier alpha value is -3.35. The number of aliphatic carboxylic acids is 1. The van der Waals surface area contributed by atoms with Gasteiger partial charge < -0.3 is 20.5 Å². The van der Waals surface area contributed by atoms with Gasteiger partial charge in [0.2, 0.25) is 5.91 Å². The molecular formula is C24H30N2O5. The van der Waals surface area contributed by atoms with E-state index in [0.717, 1.165) is 23.1 Å². The molecule has 0 aromatic heterocycles. The summed E-state index contributed by atoms with van der Waals surface area (Å²) in [5.74, 6) is -0.998. The first-order chi connectivity index (χ1) is 14.9. The van der Waals surface area contributed by atoms with E-state index in [9.17, 15) is 14.4 Å². The average molecular weight is 427 g/mol. The van der Waals surface area contributed by atoms with Crippen LogP contribution >= 0.6 is 0 Å². The molecule has 2 aromatic carbocycles. The van der Waals surface area contributed by atoms with Crippen molar-refractivity contribution < 1.29 is 24.2 Å². The van der Waals surface area contributed by atoms with Gasteiger partial charge >= 0.3 is 12.1 Å². The van der Waals surface area contributed by atoms with Crippen LogP contribution in [0, 0.1) is 6.92 Å². The van der Waals surface area contributed by atoms with E-state index < -0.39 is 18.1 Å². The number of amides is 2. The molecule has 0 aliphatic carbocycles. The number of hydrogen-bond acceptors (Lipinski definition) is 4. The standard InChI is InChI=1S/C24H30N2O5/c1-18-11-13-20(14-12-18)21(16-22(27)25-15-7-3-6-10-23(28)29)26-24(30)31-17-19-8-4-2-5-9-19/h2,4-5,8-9,11-14,21H,3,6-7,10,15-17H2,1H3,(H,25,27)(H,26,30)(H,28,29). The molecule has 1 atom stereocenters. The van der Waals surface area contributed by atoms with E-state index in [0.29, 0.717) is 19.4 Å². The van der Waals surface area contributed by atoms with Gasteiger partial charge in [0.25, 0.3) is 0 Å². The van der Waals surface area contributed by atoms with Crippen LogP contribution in [0.15, 0.2) is 54.6 Å². The maximum Gasteiger partial charge on any atom is 0.407 e. The molecule has 0 fully saturated rings. The lowest BCUT2D eigenvalue weighted by atomic mass is 10.0. The first-order valence-electron chi connectivity index (χ1n) is 10.5. The second-order valence-corrected chi connectivity index (χ2v) is 7.43. The van der Waals surface area contributed by atoms with Gasteiger partial charge in [-0.1, -0.05) is 66.6 Å². The fourth-order valence-corrected chi connectivity index (χ4v) is 3.02. The molecule has 2 rings (SSSR count). The van der Waals surface area contributed by atoms with Gasteiger partial charge in [-0.3, -0.25) is 9.59 Å². The van der Waals surface area contributed by atoms with E-state index in [1.165, 1.54) is 0 Å². The number of hydrogen-bond donors (Lipinski definition) is 3. The highest BCUT2D eigenvalue weighted by Crippen LogP contribution is 2.18. The minimum atomic E-state index is -0.810. The molecule has 0 bridgehead atoms. The highest BCUT2D eigenvalue weighted by atomic mass is 16.5. The molecule has 0 saturated carbocycles. The van der Waals surface area contributed by atoms with Crippen LogP contribution in [0.25, 0.3) is 0 Å². The summed E-state index contributed by atoms with van der Waals surface area (Å²) in [7, 11) is 0. The van der Waals surface area contributed by atoms with Crippen molar-refractivity contribution in [3.05, 3.63) is 71.3 Å². The fraction of sp³-hybridized carbons (Fsp3) is 0.375. The molecule has 0 aliphatic heterocycles. The van der Waals surface area contributed by atoms with Gasteiger partial charge in [0, 0.05) is 13.0 Å². The Morgan fingerprint density at radius 1 is 0.968 bits per heavy atom. The lowest BCUT2D eigenvalue weighted by Crippen LogP contribution is -2.34. The number of nitrogens with one attached hydrogen (secondary N) is 2. The topological polar surface area (TPSA) is 105 Å². The van der Waals surface area contributed by atoms with Crippen molar-refractivity contribution in [1.82, 2.24) is 10.6 Å². The number of carboxylic acid groups (broad SMARTS) is 1. The molecule has 0 saturated heterocycles. The minimum Gasteiger partial charge on any atom is -0.481 e. The third-order valence-corrected chi connectivity index (χ3v) is 4.76. The third-order valence-electron chi connectivity index (χ3n) is 4.76. The SMILES string of the molecule is Cc1ccc(C(CC(=O)NCCCCCC(=O)O)NC(=O)OCc2ccccc2)cc1. The lowest BCUT2D eigenvalue weighted by molar-refractivity contribution is -0.137. The van der Waals surface area contributed by atoms with Crippen LogP contribution in [0.1, 0.15) is 54.8 Å². The quantitative estimate of drug-likeness (QED) is 0.443. The molecule has 3 N–H and O–H groups in total. The van der Waals surface area contributed by atoms with Gasteiger partial charge in [-0.2, -0.15) is 0 Å². The second kappa shape index (κ2) is 13.1. The molecule has 2 aromatic rings. The van der Waals surface area contributed by atoms with E-state index in [1.54, 1.807) is 0 Å². The zero-order chi connectivity index (χ0) is 22.5. The highest BCUT2D eigenvalue weighted by molar-refractivity contribution is 5.78. The molecule has 1 unspecified atom stereocenters. The average Bonchev–Trinajstić information content (AvgIpc) is 2.75. The zero-order valence-electron chi connectivity index (χ0n) is 17.8. The summed E-state index contributed by atoms with van der Waals surface area (Å²) in [6, 6.07) is 16.5. The van der Waals surface area contributed by atoms with Crippen LogP contribution in [0.5, 0.6) is 0 Å². The molecule has 166 valence electrons. The highest BCUT2D eigenvalue weighted by Gasteiger charge is 2.19. The van der Waals surface area contributed by atoms with Gasteiger partial charge in [-0.05, 0) is 30.9 Å². The number of aryl methyl sites for hydroxylation is 1. The van der Waals surface area contributed by atoms with Crippen molar-refractivity contribution in [1.29, 1.82) is 0 Å². The van der Waals surface area contributed by atoms with E-state index in [2.05, 4.69) is 10.6 Å². The van der Waals surface area contributed by atoms with E-state index >= 15 is 0 Å². The predicted molar refractivity (Wildman–Crippen MR) is 117 cm³/mol. The maximum absolute atomic E-state index is 12.4. The predicted octanol–water partition coefficient (Wildman–Crippen LogP) is 4.11. The van der Waals surface area contributed by atoms with E-state index in [1.807, 2.05) is 61.5 Å². The first kappa shape index (κ1) is 23.9.